The molecule has 0 amide bonds. The molecule has 1 aliphatic rings. The van der Waals surface area contributed by atoms with E-state index in [9.17, 15) is 15.2 Å². The molecule has 0 bridgehead atoms. The highest BCUT2D eigenvalue weighted by atomic mass is 16.6. The zero-order valence-corrected chi connectivity index (χ0v) is 10.4. The van der Waals surface area contributed by atoms with Crippen molar-refractivity contribution in [3.63, 3.8) is 0 Å². The number of nitro benzene ring substituents is 1. The van der Waals surface area contributed by atoms with Crippen LogP contribution in [0.2, 0.25) is 0 Å². The topological polar surface area (TPSA) is 99.2 Å². The minimum atomic E-state index is -0.795. The summed E-state index contributed by atoms with van der Waals surface area (Å²) >= 11 is 0. The van der Waals surface area contributed by atoms with Gasteiger partial charge in [-0.25, -0.2) is 0 Å². The first-order chi connectivity index (χ1) is 9.04. The predicted octanol–water partition coefficient (Wildman–Crippen LogP) is 2.18. The Morgan fingerprint density at radius 1 is 1.47 bits per heavy atom. The normalized spacial score (nSPS) is 16.8. The van der Waals surface area contributed by atoms with Crippen LogP contribution in [0.5, 0.6) is 0 Å². The highest BCUT2D eigenvalue weighted by Crippen LogP contribution is 2.31. The fourth-order valence-electron chi connectivity index (χ4n) is 2.38. The lowest BCUT2D eigenvalue weighted by atomic mass is 10.0. The Bertz CT molecular complexity index is 530. The molecule has 19 heavy (non-hydrogen) atoms. The average Bonchev–Trinajstić information content (AvgIpc) is 2.83. The number of nitrogens with zero attached hydrogens (tertiary/aromatic N) is 2. The zero-order valence-electron chi connectivity index (χ0n) is 10.4. The van der Waals surface area contributed by atoms with Gasteiger partial charge in [0, 0.05) is 12.6 Å². The van der Waals surface area contributed by atoms with Gasteiger partial charge >= 0.3 is 0 Å². The molecular formula is C13H15N3O3. The summed E-state index contributed by atoms with van der Waals surface area (Å²) < 4.78 is 0. The van der Waals surface area contributed by atoms with Crippen LogP contribution in [0.4, 0.5) is 11.4 Å². The Hall–Kier alpha value is -2.13. The van der Waals surface area contributed by atoms with Crippen LogP contribution in [0.25, 0.3) is 0 Å². The van der Waals surface area contributed by atoms with E-state index >= 15 is 0 Å². The lowest BCUT2D eigenvalue weighted by Crippen LogP contribution is -2.33. The summed E-state index contributed by atoms with van der Waals surface area (Å²) in [6.07, 6.45) is 3.34. The molecular weight excluding hydrogens is 246 g/mol. The van der Waals surface area contributed by atoms with Gasteiger partial charge in [0.25, 0.3) is 5.69 Å². The van der Waals surface area contributed by atoms with Crippen molar-refractivity contribution in [3.05, 3.63) is 33.9 Å². The van der Waals surface area contributed by atoms with Gasteiger partial charge in [-0.3, -0.25) is 10.1 Å². The summed E-state index contributed by atoms with van der Waals surface area (Å²) in [7, 11) is 0. The van der Waals surface area contributed by atoms with E-state index in [0.29, 0.717) is 18.4 Å². The van der Waals surface area contributed by atoms with E-state index in [0.717, 1.165) is 12.8 Å². The number of rotatable bonds is 4. The molecule has 1 aliphatic carbocycles. The molecule has 0 aromatic heterocycles. The van der Waals surface area contributed by atoms with Crippen LogP contribution in [0.1, 0.15) is 31.2 Å². The van der Waals surface area contributed by atoms with Crippen molar-refractivity contribution in [2.24, 2.45) is 0 Å². The van der Waals surface area contributed by atoms with E-state index in [4.69, 9.17) is 5.26 Å². The van der Waals surface area contributed by atoms with Gasteiger partial charge in [-0.15, -0.1) is 0 Å². The molecule has 0 unspecified atom stereocenters. The summed E-state index contributed by atoms with van der Waals surface area (Å²) in [5.41, 5.74) is -0.243. The fraction of sp³-hybridized carbons (Fsp3) is 0.462. The SMILES string of the molecule is N#Cc1ccc([N+](=O)[O-])c(NCC2(O)CCCC2)c1. The Morgan fingerprint density at radius 2 is 2.16 bits per heavy atom. The van der Waals surface area contributed by atoms with E-state index in [1.54, 1.807) is 0 Å². The zero-order chi connectivity index (χ0) is 13.9. The van der Waals surface area contributed by atoms with Gasteiger partial charge in [-0.05, 0) is 25.0 Å². The van der Waals surface area contributed by atoms with Crippen LogP contribution in [-0.2, 0) is 0 Å². The number of aliphatic hydroxyl groups is 1. The maximum absolute atomic E-state index is 10.9. The second-order valence-electron chi connectivity index (χ2n) is 4.89. The highest BCUT2D eigenvalue weighted by Gasteiger charge is 2.31. The van der Waals surface area contributed by atoms with Gasteiger partial charge in [0.1, 0.15) is 5.69 Å². The molecule has 1 fully saturated rings. The minimum absolute atomic E-state index is 0.0828. The summed E-state index contributed by atoms with van der Waals surface area (Å²) in [5.74, 6) is 0. The van der Waals surface area contributed by atoms with Crippen LogP contribution in [0.15, 0.2) is 18.2 Å². The third kappa shape index (κ3) is 3.01. The lowest BCUT2D eigenvalue weighted by molar-refractivity contribution is -0.384. The van der Waals surface area contributed by atoms with Crippen molar-refractivity contribution in [2.45, 2.75) is 31.3 Å². The Kier molecular flexibility index (Phi) is 3.67. The summed E-state index contributed by atoms with van der Waals surface area (Å²) in [6.45, 7) is 0.267. The number of benzene rings is 1. The molecule has 0 atom stereocenters. The number of hydrogen-bond acceptors (Lipinski definition) is 5. The van der Waals surface area contributed by atoms with Crippen molar-refractivity contribution in [3.8, 4) is 6.07 Å². The summed E-state index contributed by atoms with van der Waals surface area (Å²) in [6, 6.07) is 6.10. The molecule has 1 aromatic carbocycles. The van der Waals surface area contributed by atoms with Gasteiger partial charge in [0.2, 0.25) is 0 Å². The monoisotopic (exact) mass is 261 g/mol. The van der Waals surface area contributed by atoms with Crippen LogP contribution in [0.3, 0.4) is 0 Å². The van der Waals surface area contributed by atoms with Crippen LogP contribution in [0, 0.1) is 21.4 Å². The predicted molar refractivity (Wildman–Crippen MR) is 69.7 cm³/mol. The summed E-state index contributed by atoms with van der Waals surface area (Å²) in [5, 5.41) is 32.9. The lowest BCUT2D eigenvalue weighted by Gasteiger charge is -2.22. The molecule has 2 N–H and O–H groups in total. The maximum Gasteiger partial charge on any atom is 0.292 e. The average molecular weight is 261 g/mol. The van der Waals surface area contributed by atoms with E-state index < -0.39 is 10.5 Å². The first-order valence-corrected chi connectivity index (χ1v) is 6.19. The van der Waals surface area contributed by atoms with Crippen LogP contribution >= 0.6 is 0 Å². The minimum Gasteiger partial charge on any atom is -0.388 e. The molecule has 0 spiro atoms. The van der Waals surface area contributed by atoms with Gasteiger partial charge in [0.05, 0.1) is 22.2 Å². The number of nitriles is 1. The van der Waals surface area contributed by atoms with Crippen molar-refractivity contribution in [2.75, 3.05) is 11.9 Å². The van der Waals surface area contributed by atoms with Crippen molar-refractivity contribution < 1.29 is 10.0 Å². The first kappa shape index (κ1) is 13.3. The quantitative estimate of drug-likeness (QED) is 0.639. The molecule has 0 saturated heterocycles. The smallest absolute Gasteiger partial charge is 0.292 e. The molecule has 1 saturated carbocycles. The first-order valence-electron chi connectivity index (χ1n) is 6.19. The second kappa shape index (κ2) is 5.24. The van der Waals surface area contributed by atoms with E-state index in [-0.39, 0.29) is 17.9 Å². The largest absolute Gasteiger partial charge is 0.388 e. The van der Waals surface area contributed by atoms with Crippen molar-refractivity contribution in [1.29, 1.82) is 5.26 Å². The molecule has 0 heterocycles. The number of nitro groups is 1. The van der Waals surface area contributed by atoms with E-state index in [1.807, 2.05) is 6.07 Å². The van der Waals surface area contributed by atoms with Crippen molar-refractivity contribution in [1.82, 2.24) is 0 Å². The number of anilines is 1. The van der Waals surface area contributed by atoms with Crippen LogP contribution in [-0.4, -0.2) is 22.2 Å². The number of hydrogen-bond donors (Lipinski definition) is 2. The van der Waals surface area contributed by atoms with Crippen molar-refractivity contribution >= 4 is 11.4 Å². The third-order valence-electron chi connectivity index (χ3n) is 3.46. The molecule has 2 rings (SSSR count). The Labute approximate surface area is 110 Å². The van der Waals surface area contributed by atoms with E-state index in [2.05, 4.69) is 5.32 Å². The standard InChI is InChI=1S/C13H15N3O3/c14-8-10-3-4-12(16(18)19)11(7-10)15-9-13(17)5-1-2-6-13/h3-4,7,15,17H,1-2,5-6,9H2. The molecule has 6 nitrogen and oxygen atoms in total. The van der Waals surface area contributed by atoms with Gasteiger partial charge in [-0.2, -0.15) is 5.26 Å². The van der Waals surface area contributed by atoms with Gasteiger partial charge < -0.3 is 10.4 Å². The van der Waals surface area contributed by atoms with Crippen LogP contribution < -0.4 is 5.32 Å². The van der Waals surface area contributed by atoms with Gasteiger partial charge in [-0.1, -0.05) is 12.8 Å². The second-order valence-corrected chi connectivity index (χ2v) is 4.89. The fourth-order valence-corrected chi connectivity index (χ4v) is 2.38. The molecule has 0 aliphatic heterocycles. The Morgan fingerprint density at radius 3 is 2.74 bits per heavy atom. The number of nitrogens with one attached hydrogen (secondary N) is 1. The molecule has 6 heteroatoms. The van der Waals surface area contributed by atoms with Gasteiger partial charge in [0.15, 0.2) is 0 Å². The van der Waals surface area contributed by atoms with E-state index in [1.165, 1.54) is 18.2 Å². The Balaban J connectivity index is 2.18. The molecule has 1 aromatic rings. The summed E-state index contributed by atoms with van der Waals surface area (Å²) in [4.78, 5) is 10.4. The molecule has 100 valence electrons. The maximum atomic E-state index is 10.9. The highest BCUT2D eigenvalue weighted by molar-refractivity contribution is 5.64. The molecule has 0 radical (unpaired) electrons. The third-order valence-corrected chi connectivity index (χ3v) is 3.46.